The third kappa shape index (κ3) is 3.83. The van der Waals surface area contributed by atoms with Gasteiger partial charge in [0.25, 0.3) is 5.92 Å². The second kappa shape index (κ2) is 6.85. The Morgan fingerprint density at radius 2 is 2.07 bits per heavy atom. The minimum atomic E-state index is -2.75. The first-order valence-electron chi connectivity index (χ1n) is 8.31. The lowest BCUT2D eigenvalue weighted by Crippen LogP contribution is -2.22. The Morgan fingerprint density at radius 1 is 1.19 bits per heavy atom. The lowest BCUT2D eigenvalue weighted by atomic mass is 10.2. The lowest BCUT2D eigenvalue weighted by molar-refractivity contribution is 0.0138. The van der Waals surface area contributed by atoms with Crippen molar-refractivity contribution >= 4 is 0 Å². The molecule has 0 aromatic carbocycles. The second-order valence-corrected chi connectivity index (χ2v) is 6.34. The summed E-state index contributed by atoms with van der Waals surface area (Å²) in [6.07, 6.45) is 2.94. The van der Waals surface area contributed by atoms with Gasteiger partial charge in [-0.3, -0.25) is 9.88 Å². The normalized spacial score (nSPS) is 18.9. The quantitative estimate of drug-likeness (QED) is 0.649. The van der Waals surface area contributed by atoms with Gasteiger partial charge in [0.1, 0.15) is 11.4 Å². The van der Waals surface area contributed by atoms with Crippen molar-refractivity contribution in [2.24, 2.45) is 0 Å². The van der Waals surface area contributed by atoms with Crippen LogP contribution in [0.1, 0.15) is 29.6 Å². The number of aromatic nitrogens is 4. The minimum absolute atomic E-state index is 0.172. The Bertz CT molecular complexity index is 992. The zero-order chi connectivity index (χ0) is 18.9. The Labute approximate surface area is 154 Å². The molecule has 6 nitrogen and oxygen atoms in total. The largest absolute Gasteiger partial charge is 0.337 e. The molecule has 1 unspecified atom stereocenters. The van der Waals surface area contributed by atoms with Crippen molar-refractivity contribution in [2.75, 3.05) is 13.6 Å². The molecule has 0 N–H and O–H groups in total. The molecule has 1 aliphatic rings. The highest BCUT2D eigenvalue weighted by molar-refractivity contribution is 5.50. The van der Waals surface area contributed by atoms with Crippen LogP contribution in [0.15, 0.2) is 47.2 Å². The van der Waals surface area contributed by atoms with E-state index in [1.807, 2.05) is 18.2 Å². The fourth-order valence-electron chi connectivity index (χ4n) is 2.90. The molecule has 1 saturated heterocycles. The summed E-state index contributed by atoms with van der Waals surface area (Å²) in [6.45, 7) is -0.322. The molecule has 1 fully saturated rings. The summed E-state index contributed by atoms with van der Waals surface area (Å²) < 4.78 is 32.3. The highest BCUT2D eigenvalue weighted by Gasteiger charge is 2.46. The number of hydrogen-bond acceptors (Lipinski definition) is 6. The number of pyridine rings is 2. The molecule has 3 aromatic rings. The van der Waals surface area contributed by atoms with E-state index in [4.69, 9.17) is 4.52 Å². The highest BCUT2D eigenvalue weighted by Crippen LogP contribution is 2.39. The predicted molar refractivity (Wildman–Crippen MR) is 92.7 cm³/mol. The first-order valence-corrected chi connectivity index (χ1v) is 8.31. The van der Waals surface area contributed by atoms with E-state index in [0.29, 0.717) is 17.0 Å². The Kier molecular flexibility index (Phi) is 4.38. The monoisotopic (exact) mass is 367 g/mol. The van der Waals surface area contributed by atoms with Crippen molar-refractivity contribution in [3.05, 3.63) is 59.9 Å². The van der Waals surface area contributed by atoms with Crippen LogP contribution in [0.25, 0.3) is 11.5 Å². The number of nitrogens with zero attached hydrogens (tertiary/aromatic N) is 5. The Hall–Kier alpha value is -3.18. The maximum atomic E-state index is 13.5. The predicted octanol–water partition coefficient (Wildman–Crippen LogP) is 2.94. The number of hydrogen-bond donors (Lipinski definition) is 0. The van der Waals surface area contributed by atoms with Gasteiger partial charge in [-0.15, -0.1) is 0 Å². The van der Waals surface area contributed by atoms with Crippen molar-refractivity contribution in [2.45, 2.75) is 18.4 Å². The molecule has 4 rings (SSSR count). The molecule has 0 aliphatic carbocycles. The maximum Gasteiger partial charge on any atom is 0.262 e. The zero-order valence-corrected chi connectivity index (χ0v) is 14.4. The second-order valence-electron chi connectivity index (χ2n) is 6.34. The van der Waals surface area contributed by atoms with E-state index in [9.17, 15) is 8.78 Å². The molecule has 0 bridgehead atoms. The molecule has 0 radical (unpaired) electrons. The van der Waals surface area contributed by atoms with Crippen LogP contribution in [0.2, 0.25) is 0 Å². The van der Waals surface area contributed by atoms with Gasteiger partial charge in [0.05, 0.1) is 12.6 Å². The number of alkyl halides is 2. The summed E-state index contributed by atoms with van der Waals surface area (Å²) >= 11 is 0. The van der Waals surface area contributed by atoms with E-state index in [-0.39, 0.29) is 24.7 Å². The summed E-state index contributed by atoms with van der Waals surface area (Å²) in [5.74, 6) is 3.61. The molecule has 1 atom stereocenters. The van der Waals surface area contributed by atoms with Gasteiger partial charge >= 0.3 is 0 Å². The zero-order valence-electron chi connectivity index (χ0n) is 14.4. The molecular weight excluding hydrogens is 352 g/mol. The van der Waals surface area contributed by atoms with Crippen LogP contribution in [0, 0.1) is 11.8 Å². The van der Waals surface area contributed by atoms with Crippen LogP contribution >= 0.6 is 0 Å². The van der Waals surface area contributed by atoms with Crippen LogP contribution in [0.4, 0.5) is 8.78 Å². The topological polar surface area (TPSA) is 67.9 Å². The molecule has 27 heavy (non-hydrogen) atoms. The fourth-order valence-corrected chi connectivity index (χ4v) is 2.90. The molecule has 8 heteroatoms. The highest BCUT2D eigenvalue weighted by atomic mass is 19.3. The fraction of sp³-hybridized carbons (Fsp3) is 0.263. The van der Waals surface area contributed by atoms with Crippen LogP contribution < -0.4 is 0 Å². The van der Waals surface area contributed by atoms with Gasteiger partial charge in [0.2, 0.25) is 11.7 Å². The number of likely N-dealkylation sites (tertiary alicyclic amines) is 1. The van der Waals surface area contributed by atoms with Crippen LogP contribution in [0.5, 0.6) is 0 Å². The van der Waals surface area contributed by atoms with Crippen molar-refractivity contribution in [1.82, 2.24) is 25.0 Å². The van der Waals surface area contributed by atoms with E-state index < -0.39 is 12.0 Å². The molecule has 0 spiro atoms. The molecule has 4 heterocycles. The van der Waals surface area contributed by atoms with E-state index in [2.05, 4.69) is 31.9 Å². The summed E-state index contributed by atoms with van der Waals surface area (Å²) in [6, 6.07) is 8.41. The van der Waals surface area contributed by atoms with Gasteiger partial charge in [-0.05, 0) is 37.2 Å². The van der Waals surface area contributed by atoms with Gasteiger partial charge in [-0.2, -0.15) is 4.98 Å². The maximum absolute atomic E-state index is 13.5. The van der Waals surface area contributed by atoms with E-state index in [1.165, 1.54) is 4.90 Å². The Morgan fingerprint density at radius 3 is 2.74 bits per heavy atom. The van der Waals surface area contributed by atoms with Gasteiger partial charge in [-0.25, -0.2) is 13.8 Å². The third-order valence-corrected chi connectivity index (χ3v) is 4.22. The van der Waals surface area contributed by atoms with E-state index in [1.54, 1.807) is 31.6 Å². The minimum Gasteiger partial charge on any atom is -0.337 e. The molecular formula is C19H15F2N5O. The third-order valence-electron chi connectivity index (χ3n) is 4.22. The van der Waals surface area contributed by atoms with Crippen molar-refractivity contribution < 1.29 is 13.3 Å². The molecule has 0 amide bonds. The smallest absolute Gasteiger partial charge is 0.262 e. The average molecular weight is 367 g/mol. The number of rotatable bonds is 2. The molecule has 0 saturated carbocycles. The average Bonchev–Trinajstić information content (AvgIpc) is 3.25. The van der Waals surface area contributed by atoms with Crippen LogP contribution in [-0.4, -0.2) is 44.5 Å². The van der Waals surface area contributed by atoms with E-state index >= 15 is 0 Å². The SMILES string of the molecule is CN1CC(F)(F)CC1c1nc(-c2ccc(C#Cc3ccccn3)cn2)no1. The van der Waals surface area contributed by atoms with Crippen LogP contribution in [-0.2, 0) is 0 Å². The van der Waals surface area contributed by atoms with Gasteiger partial charge in [0.15, 0.2) is 0 Å². The Balaban J connectivity index is 1.50. The first kappa shape index (κ1) is 17.2. The lowest BCUT2D eigenvalue weighted by Gasteiger charge is -2.13. The van der Waals surface area contributed by atoms with Crippen molar-refractivity contribution in [3.8, 4) is 23.4 Å². The summed E-state index contributed by atoms with van der Waals surface area (Å²) in [4.78, 5) is 14.2. The molecule has 3 aromatic heterocycles. The summed E-state index contributed by atoms with van der Waals surface area (Å²) in [5, 5.41) is 3.87. The van der Waals surface area contributed by atoms with Crippen molar-refractivity contribution in [1.29, 1.82) is 0 Å². The molecule has 136 valence electrons. The number of halogens is 2. The summed E-state index contributed by atoms with van der Waals surface area (Å²) in [5.41, 5.74) is 1.87. The first-order chi connectivity index (χ1) is 13.0. The standard InChI is InChI=1S/C19H15F2N5O/c1-26-12-19(20,21)10-16(26)18-24-17(25-27-18)15-8-6-13(11-23-15)5-7-14-4-2-3-9-22-14/h2-4,6,8-9,11,16H,10,12H2,1H3. The van der Waals surface area contributed by atoms with Gasteiger partial charge in [0, 0.05) is 24.4 Å². The van der Waals surface area contributed by atoms with E-state index in [0.717, 1.165) is 0 Å². The van der Waals surface area contributed by atoms with Crippen LogP contribution in [0.3, 0.4) is 0 Å². The van der Waals surface area contributed by atoms with Crippen molar-refractivity contribution in [3.63, 3.8) is 0 Å². The van der Waals surface area contributed by atoms with Gasteiger partial charge < -0.3 is 4.52 Å². The molecule has 1 aliphatic heterocycles. The van der Waals surface area contributed by atoms with Gasteiger partial charge in [-0.1, -0.05) is 17.1 Å². The summed E-state index contributed by atoms with van der Waals surface area (Å²) in [7, 11) is 1.61.